The third-order valence-corrected chi connectivity index (χ3v) is 10.1. The van der Waals surface area contributed by atoms with Crippen molar-refractivity contribution in [1.29, 1.82) is 0 Å². The number of thiophene rings is 1. The Morgan fingerprint density at radius 1 is 1.00 bits per heavy atom. The Morgan fingerprint density at radius 2 is 1.73 bits per heavy atom. The van der Waals surface area contributed by atoms with Gasteiger partial charge in [-0.2, -0.15) is 0 Å². The molecule has 0 bridgehead atoms. The van der Waals surface area contributed by atoms with Crippen molar-refractivity contribution >= 4 is 75.1 Å². The van der Waals surface area contributed by atoms with Gasteiger partial charge in [0.25, 0.3) is 17.5 Å². The second-order valence-corrected chi connectivity index (χ2v) is 13.9. The highest BCUT2D eigenvalue weighted by atomic mass is 32.2. The second-order valence-electron chi connectivity index (χ2n) is 11.3. The van der Waals surface area contributed by atoms with Crippen molar-refractivity contribution in [2.75, 3.05) is 24.3 Å². The van der Waals surface area contributed by atoms with Gasteiger partial charge in [0.1, 0.15) is 10.7 Å². The van der Waals surface area contributed by atoms with E-state index in [1.807, 2.05) is 0 Å². The molecule has 0 radical (unpaired) electrons. The number of thioether (sulfide) groups is 1. The predicted molar refractivity (Wildman–Crippen MR) is 194 cm³/mol. The molecule has 13 nitrogen and oxygen atoms in total. The number of hydrogen-bond acceptors (Lipinski definition) is 10. The van der Waals surface area contributed by atoms with E-state index in [0.717, 1.165) is 10.4 Å². The first-order chi connectivity index (χ1) is 24.4. The molecule has 1 aliphatic heterocycles. The minimum absolute atomic E-state index is 0.0728. The van der Waals surface area contributed by atoms with E-state index in [4.69, 9.17) is 4.74 Å². The molecule has 4 amide bonds. The summed E-state index contributed by atoms with van der Waals surface area (Å²) in [5.41, 5.74) is 2.00. The summed E-state index contributed by atoms with van der Waals surface area (Å²) in [6.45, 7) is 4.00. The van der Waals surface area contributed by atoms with Crippen LogP contribution in [0.4, 0.5) is 16.4 Å². The highest BCUT2D eigenvalue weighted by Crippen LogP contribution is 2.38. The van der Waals surface area contributed by atoms with Gasteiger partial charge < -0.3 is 25.6 Å². The van der Waals surface area contributed by atoms with E-state index in [2.05, 4.69) is 16.0 Å². The Balaban J connectivity index is 1.30. The van der Waals surface area contributed by atoms with Crippen LogP contribution in [0.5, 0.6) is 0 Å². The van der Waals surface area contributed by atoms with Crippen molar-refractivity contribution in [3.63, 3.8) is 0 Å². The SMILES string of the molecule is COC(=O)c1c(NC(=O)C(C)Sc2cccc(NC(=O)/C(=C\c3ccc([N+](=O)[O-])cc3)NC(=O)c3ccccc3)c2)sc2c1CCN(C(C)=O)C2. The number of carbonyl (C=O) groups is 5. The molecule has 0 saturated carbocycles. The van der Waals surface area contributed by atoms with Crippen molar-refractivity contribution < 1.29 is 33.6 Å². The van der Waals surface area contributed by atoms with Gasteiger partial charge in [0.15, 0.2) is 0 Å². The fraction of sp³-hybridized carbons (Fsp3) is 0.194. The molecule has 3 aromatic carbocycles. The number of nitro groups is 1. The van der Waals surface area contributed by atoms with Crippen molar-refractivity contribution in [3.8, 4) is 0 Å². The number of non-ortho nitro benzene ring substituents is 1. The Bertz CT molecular complexity index is 2030. The number of carbonyl (C=O) groups excluding carboxylic acids is 5. The van der Waals surface area contributed by atoms with Crippen LogP contribution in [-0.2, 0) is 32.1 Å². The largest absolute Gasteiger partial charge is 0.465 e. The number of anilines is 2. The van der Waals surface area contributed by atoms with Crippen molar-refractivity contribution in [3.05, 3.63) is 122 Å². The zero-order valence-electron chi connectivity index (χ0n) is 27.8. The van der Waals surface area contributed by atoms with Gasteiger partial charge in [-0.05, 0) is 73.0 Å². The van der Waals surface area contributed by atoms with Crippen molar-refractivity contribution in [1.82, 2.24) is 10.2 Å². The molecule has 1 aliphatic rings. The standard InChI is InChI=1S/C36H33N5O8S2/c1-21(32(43)39-35-31(36(46)49-3)28-16-17-40(22(2)42)20-30(28)51-35)50-27-11-7-10-25(19-27)37-34(45)29(38-33(44)24-8-5-4-6-9-24)18-23-12-14-26(15-13-23)41(47)48/h4-15,18-19,21H,16-17,20H2,1-3H3,(H,37,45)(H,38,44)(H,39,43)/b29-18+. The minimum atomic E-state index is -0.647. The molecule has 5 rings (SSSR count). The number of esters is 1. The first-order valence-corrected chi connectivity index (χ1v) is 17.3. The van der Waals surface area contributed by atoms with E-state index >= 15 is 0 Å². The second kappa shape index (κ2) is 16.3. The third-order valence-electron chi connectivity index (χ3n) is 7.85. The van der Waals surface area contributed by atoms with Crippen LogP contribution in [0.2, 0.25) is 0 Å². The van der Waals surface area contributed by atoms with Gasteiger partial charge in [-0.25, -0.2) is 4.79 Å². The lowest BCUT2D eigenvalue weighted by Gasteiger charge is -2.25. The molecule has 2 heterocycles. The molecular formula is C36H33N5O8S2. The zero-order chi connectivity index (χ0) is 36.7. The van der Waals surface area contributed by atoms with Crippen LogP contribution in [0.15, 0.2) is 89.5 Å². The van der Waals surface area contributed by atoms with Gasteiger partial charge in [0.05, 0.1) is 29.4 Å². The summed E-state index contributed by atoms with van der Waals surface area (Å²) in [5.74, 6) is -2.17. The van der Waals surface area contributed by atoms with Crippen LogP contribution in [0, 0.1) is 10.1 Å². The number of amides is 4. The molecular weight excluding hydrogens is 695 g/mol. The molecule has 51 heavy (non-hydrogen) atoms. The van der Waals surface area contributed by atoms with E-state index in [-0.39, 0.29) is 23.2 Å². The van der Waals surface area contributed by atoms with Gasteiger partial charge in [0, 0.05) is 46.6 Å². The van der Waals surface area contributed by atoms with Crippen LogP contribution >= 0.6 is 23.1 Å². The molecule has 0 saturated heterocycles. The maximum atomic E-state index is 13.5. The number of methoxy groups -OCH3 is 1. The van der Waals surface area contributed by atoms with E-state index < -0.39 is 28.0 Å². The Kier molecular flexibility index (Phi) is 11.6. The Labute approximate surface area is 301 Å². The van der Waals surface area contributed by atoms with Gasteiger partial charge in [-0.3, -0.25) is 29.3 Å². The maximum absolute atomic E-state index is 13.5. The van der Waals surface area contributed by atoms with Crippen molar-refractivity contribution in [2.24, 2.45) is 0 Å². The van der Waals surface area contributed by atoms with Gasteiger partial charge in [-0.15, -0.1) is 23.1 Å². The highest BCUT2D eigenvalue weighted by molar-refractivity contribution is 8.00. The summed E-state index contributed by atoms with van der Waals surface area (Å²) in [7, 11) is 1.28. The van der Waals surface area contributed by atoms with E-state index in [1.54, 1.807) is 66.4 Å². The number of rotatable bonds is 11. The molecule has 4 aromatic rings. The fourth-order valence-electron chi connectivity index (χ4n) is 5.20. The van der Waals surface area contributed by atoms with Crippen LogP contribution in [0.25, 0.3) is 6.08 Å². The Morgan fingerprint density at radius 3 is 2.39 bits per heavy atom. The van der Waals surface area contributed by atoms with Crippen LogP contribution in [0.3, 0.4) is 0 Å². The Hall–Kier alpha value is -5.80. The van der Waals surface area contributed by atoms with Crippen LogP contribution in [0.1, 0.15) is 50.6 Å². The van der Waals surface area contributed by atoms with Gasteiger partial charge in [0.2, 0.25) is 11.8 Å². The monoisotopic (exact) mass is 727 g/mol. The number of nitrogens with zero attached hydrogens (tertiary/aromatic N) is 2. The summed E-state index contributed by atoms with van der Waals surface area (Å²) in [4.78, 5) is 78.3. The molecule has 15 heteroatoms. The van der Waals surface area contributed by atoms with E-state index in [9.17, 15) is 34.1 Å². The van der Waals surface area contributed by atoms with Crippen LogP contribution in [-0.4, -0.2) is 58.3 Å². The molecule has 0 fully saturated rings. The smallest absolute Gasteiger partial charge is 0.341 e. The first-order valence-electron chi connectivity index (χ1n) is 15.6. The highest BCUT2D eigenvalue weighted by Gasteiger charge is 2.31. The van der Waals surface area contributed by atoms with Gasteiger partial charge >= 0.3 is 5.97 Å². The number of fused-ring (bicyclic) bond motifs is 1. The molecule has 1 aromatic heterocycles. The van der Waals surface area contributed by atoms with E-state index in [0.29, 0.717) is 51.8 Å². The maximum Gasteiger partial charge on any atom is 0.341 e. The first kappa shape index (κ1) is 36.5. The molecule has 1 unspecified atom stereocenters. The molecule has 262 valence electrons. The molecule has 0 aliphatic carbocycles. The number of hydrogen-bond donors (Lipinski definition) is 3. The average Bonchev–Trinajstić information content (AvgIpc) is 3.48. The molecule has 3 N–H and O–H groups in total. The number of benzene rings is 3. The molecule has 1 atom stereocenters. The predicted octanol–water partition coefficient (Wildman–Crippen LogP) is 5.88. The number of nitrogens with one attached hydrogen (secondary N) is 3. The lowest BCUT2D eigenvalue weighted by molar-refractivity contribution is -0.384. The van der Waals surface area contributed by atoms with Crippen molar-refractivity contribution in [2.45, 2.75) is 37.0 Å². The normalized spacial score (nSPS) is 13.0. The quantitative estimate of drug-likeness (QED) is 0.0560. The van der Waals surface area contributed by atoms with Gasteiger partial charge in [-0.1, -0.05) is 24.3 Å². The zero-order valence-corrected chi connectivity index (χ0v) is 29.4. The summed E-state index contributed by atoms with van der Waals surface area (Å²) in [5, 5.41) is 19.1. The molecule has 0 spiro atoms. The summed E-state index contributed by atoms with van der Waals surface area (Å²) >= 11 is 2.47. The third kappa shape index (κ3) is 9.06. The number of nitro benzene ring substituents is 1. The topological polar surface area (TPSA) is 177 Å². The lowest BCUT2D eigenvalue weighted by atomic mass is 10.0. The summed E-state index contributed by atoms with van der Waals surface area (Å²) < 4.78 is 5.01. The van der Waals surface area contributed by atoms with Crippen LogP contribution < -0.4 is 16.0 Å². The number of ether oxygens (including phenoxy) is 1. The summed E-state index contributed by atoms with van der Waals surface area (Å²) in [6, 6.07) is 20.6. The lowest BCUT2D eigenvalue weighted by Crippen LogP contribution is -2.33. The van der Waals surface area contributed by atoms with E-state index in [1.165, 1.54) is 67.5 Å². The summed E-state index contributed by atoms with van der Waals surface area (Å²) in [6.07, 6.45) is 1.88. The fourth-order valence-corrected chi connectivity index (χ4v) is 7.38. The minimum Gasteiger partial charge on any atom is -0.465 e. The average molecular weight is 728 g/mol.